The number of carbonyl (C=O) groups excluding carboxylic acids is 1. The predicted molar refractivity (Wildman–Crippen MR) is 71.7 cm³/mol. The Balaban J connectivity index is 2.04. The van der Waals surface area contributed by atoms with Crippen molar-refractivity contribution in [2.45, 2.75) is 32.6 Å². The maximum atomic E-state index is 12.1. The molecular formula is C15H18N2O. The van der Waals surface area contributed by atoms with Gasteiger partial charge >= 0.3 is 0 Å². The van der Waals surface area contributed by atoms with Crippen LogP contribution in [0.5, 0.6) is 0 Å². The van der Waals surface area contributed by atoms with Crippen molar-refractivity contribution in [1.29, 1.82) is 0 Å². The third-order valence-corrected chi connectivity index (χ3v) is 2.92. The van der Waals surface area contributed by atoms with Crippen molar-refractivity contribution in [1.82, 2.24) is 9.97 Å². The van der Waals surface area contributed by atoms with Gasteiger partial charge in [-0.15, -0.1) is 0 Å². The highest BCUT2D eigenvalue weighted by atomic mass is 16.1. The normalized spacial score (nSPS) is 10.5. The van der Waals surface area contributed by atoms with Gasteiger partial charge in [-0.1, -0.05) is 50.1 Å². The van der Waals surface area contributed by atoms with E-state index in [9.17, 15) is 4.79 Å². The first-order chi connectivity index (χ1) is 8.81. The maximum Gasteiger partial charge on any atom is 0.212 e. The summed E-state index contributed by atoms with van der Waals surface area (Å²) >= 11 is 0. The first kappa shape index (κ1) is 12.6. The zero-order valence-electron chi connectivity index (χ0n) is 10.6. The van der Waals surface area contributed by atoms with Gasteiger partial charge < -0.3 is 4.98 Å². The van der Waals surface area contributed by atoms with Gasteiger partial charge in [-0.25, -0.2) is 4.98 Å². The van der Waals surface area contributed by atoms with Gasteiger partial charge in [0.1, 0.15) is 11.5 Å². The number of ketones is 1. The Kier molecular flexibility index (Phi) is 4.29. The van der Waals surface area contributed by atoms with Crippen molar-refractivity contribution in [3.8, 4) is 0 Å². The van der Waals surface area contributed by atoms with Crippen molar-refractivity contribution in [2.75, 3.05) is 0 Å². The van der Waals surface area contributed by atoms with E-state index in [0.717, 1.165) is 18.7 Å². The summed E-state index contributed by atoms with van der Waals surface area (Å²) in [6.45, 7) is 2.17. The van der Waals surface area contributed by atoms with Crippen molar-refractivity contribution >= 4 is 5.78 Å². The second-order valence-corrected chi connectivity index (χ2v) is 4.38. The molecule has 0 saturated heterocycles. The molecule has 0 aliphatic carbocycles. The number of unbranched alkanes of at least 4 members (excludes halogenated alkanes) is 2. The molecule has 0 radical (unpaired) electrons. The summed E-state index contributed by atoms with van der Waals surface area (Å²) in [5.41, 5.74) is 1.19. The van der Waals surface area contributed by atoms with Crippen LogP contribution in [0.3, 0.4) is 0 Å². The number of aryl methyl sites for hydroxylation is 1. The molecule has 1 aromatic carbocycles. The van der Waals surface area contributed by atoms with Gasteiger partial charge in [0, 0.05) is 18.2 Å². The number of hydrogen-bond donors (Lipinski definition) is 1. The van der Waals surface area contributed by atoms with Gasteiger partial charge in [0.15, 0.2) is 0 Å². The van der Waals surface area contributed by atoms with Gasteiger partial charge in [0.25, 0.3) is 0 Å². The minimum Gasteiger partial charge on any atom is -0.348 e. The first-order valence-corrected chi connectivity index (χ1v) is 6.45. The smallest absolute Gasteiger partial charge is 0.212 e. The van der Waals surface area contributed by atoms with Crippen LogP contribution in [0.25, 0.3) is 0 Å². The van der Waals surface area contributed by atoms with E-state index in [-0.39, 0.29) is 5.78 Å². The number of aromatic nitrogens is 2. The lowest BCUT2D eigenvalue weighted by atomic mass is 10.1. The topological polar surface area (TPSA) is 45.8 Å². The molecule has 0 bridgehead atoms. The zero-order valence-corrected chi connectivity index (χ0v) is 10.6. The van der Waals surface area contributed by atoms with Crippen LogP contribution in [0.1, 0.15) is 48.1 Å². The fraction of sp³-hybridized carbons (Fsp3) is 0.333. The molecule has 94 valence electrons. The Labute approximate surface area is 107 Å². The fourth-order valence-electron chi connectivity index (χ4n) is 1.89. The zero-order chi connectivity index (χ0) is 12.8. The van der Waals surface area contributed by atoms with Crippen LogP contribution in [-0.2, 0) is 6.42 Å². The molecule has 0 fully saturated rings. The molecule has 1 aromatic heterocycles. The van der Waals surface area contributed by atoms with Crippen LogP contribution in [0.2, 0.25) is 0 Å². The quantitative estimate of drug-likeness (QED) is 0.623. The van der Waals surface area contributed by atoms with E-state index in [1.54, 1.807) is 6.20 Å². The van der Waals surface area contributed by atoms with Crippen LogP contribution in [-0.4, -0.2) is 15.8 Å². The molecule has 0 aliphatic heterocycles. The summed E-state index contributed by atoms with van der Waals surface area (Å²) in [6.07, 6.45) is 6.12. The molecule has 0 unspecified atom stereocenters. The molecule has 0 spiro atoms. The lowest BCUT2D eigenvalue weighted by Crippen LogP contribution is -2.01. The SMILES string of the molecule is CCCCCc1nc(C(=O)c2ccccc2)c[nH]1. The van der Waals surface area contributed by atoms with E-state index < -0.39 is 0 Å². The maximum absolute atomic E-state index is 12.1. The van der Waals surface area contributed by atoms with E-state index in [2.05, 4.69) is 16.9 Å². The Hall–Kier alpha value is -1.90. The summed E-state index contributed by atoms with van der Waals surface area (Å²) in [7, 11) is 0. The Morgan fingerprint density at radius 1 is 1.22 bits per heavy atom. The average Bonchev–Trinajstić information content (AvgIpc) is 2.88. The molecule has 1 N–H and O–H groups in total. The number of imidazole rings is 1. The van der Waals surface area contributed by atoms with Crippen LogP contribution >= 0.6 is 0 Å². The number of rotatable bonds is 6. The van der Waals surface area contributed by atoms with Crippen molar-refractivity contribution in [2.24, 2.45) is 0 Å². The molecular weight excluding hydrogens is 224 g/mol. The third-order valence-electron chi connectivity index (χ3n) is 2.92. The van der Waals surface area contributed by atoms with E-state index in [4.69, 9.17) is 0 Å². The summed E-state index contributed by atoms with van der Waals surface area (Å²) in [5, 5.41) is 0. The van der Waals surface area contributed by atoms with Crippen molar-refractivity contribution < 1.29 is 4.79 Å². The summed E-state index contributed by atoms with van der Waals surface area (Å²) in [4.78, 5) is 19.5. The molecule has 18 heavy (non-hydrogen) atoms. The standard InChI is InChI=1S/C15H18N2O/c1-2-3-5-10-14-16-11-13(17-14)15(18)12-8-6-4-7-9-12/h4,6-9,11H,2-3,5,10H2,1H3,(H,16,17). The van der Waals surface area contributed by atoms with Crippen LogP contribution < -0.4 is 0 Å². The van der Waals surface area contributed by atoms with Crippen LogP contribution in [0.4, 0.5) is 0 Å². The summed E-state index contributed by atoms with van der Waals surface area (Å²) in [6, 6.07) is 9.25. The third kappa shape index (κ3) is 3.06. The Morgan fingerprint density at radius 3 is 2.72 bits per heavy atom. The van der Waals surface area contributed by atoms with Gasteiger partial charge in [0.05, 0.1) is 0 Å². The van der Waals surface area contributed by atoms with Gasteiger partial charge in [-0.3, -0.25) is 4.79 Å². The minimum absolute atomic E-state index is 0.0198. The summed E-state index contributed by atoms with van der Waals surface area (Å²) < 4.78 is 0. The van der Waals surface area contributed by atoms with Crippen molar-refractivity contribution in [3.63, 3.8) is 0 Å². The lowest BCUT2D eigenvalue weighted by molar-refractivity contribution is 0.103. The highest BCUT2D eigenvalue weighted by molar-refractivity contribution is 6.07. The Bertz CT molecular complexity index is 502. The Morgan fingerprint density at radius 2 is 2.00 bits per heavy atom. The summed E-state index contributed by atoms with van der Waals surface area (Å²) in [5.74, 6) is 0.885. The van der Waals surface area contributed by atoms with E-state index in [1.807, 2.05) is 30.3 Å². The molecule has 3 heteroatoms. The van der Waals surface area contributed by atoms with Crippen LogP contribution in [0.15, 0.2) is 36.5 Å². The number of aromatic amines is 1. The minimum atomic E-state index is -0.0198. The molecule has 3 nitrogen and oxygen atoms in total. The molecule has 2 rings (SSSR count). The molecule has 1 heterocycles. The van der Waals surface area contributed by atoms with Gasteiger partial charge in [0.2, 0.25) is 5.78 Å². The number of nitrogens with zero attached hydrogens (tertiary/aromatic N) is 1. The number of carbonyl (C=O) groups is 1. The molecule has 0 aliphatic rings. The van der Waals surface area contributed by atoms with Crippen LogP contribution in [0, 0.1) is 0 Å². The number of benzene rings is 1. The molecule has 0 saturated carbocycles. The van der Waals surface area contributed by atoms with E-state index >= 15 is 0 Å². The number of H-pyrrole nitrogens is 1. The number of nitrogens with one attached hydrogen (secondary N) is 1. The average molecular weight is 242 g/mol. The first-order valence-electron chi connectivity index (χ1n) is 6.45. The largest absolute Gasteiger partial charge is 0.348 e. The molecule has 2 aromatic rings. The van der Waals surface area contributed by atoms with E-state index in [1.165, 1.54) is 12.8 Å². The van der Waals surface area contributed by atoms with Crippen molar-refractivity contribution in [3.05, 3.63) is 53.6 Å². The molecule has 0 amide bonds. The van der Waals surface area contributed by atoms with Gasteiger partial charge in [-0.05, 0) is 6.42 Å². The highest BCUT2D eigenvalue weighted by Gasteiger charge is 2.11. The number of hydrogen-bond acceptors (Lipinski definition) is 2. The fourth-order valence-corrected chi connectivity index (χ4v) is 1.89. The van der Waals surface area contributed by atoms with E-state index in [0.29, 0.717) is 11.3 Å². The van der Waals surface area contributed by atoms with Gasteiger partial charge in [-0.2, -0.15) is 0 Å². The second-order valence-electron chi connectivity index (χ2n) is 4.38. The highest BCUT2D eigenvalue weighted by Crippen LogP contribution is 2.09. The molecule has 0 atom stereocenters. The monoisotopic (exact) mass is 242 g/mol. The predicted octanol–water partition coefficient (Wildman–Crippen LogP) is 3.37. The lowest BCUT2D eigenvalue weighted by Gasteiger charge is -1.96. The second kappa shape index (κ2) is 6.15.